The van der Waals surface area contributed by atoms with Crippen LogP contribution in [0.15, 0.2) is 91.0 Å². The number of hydrogen-bond donors (Lipinski definition) is 1. The summed E-state index contributed by atoms with van der Waals surface area (Å²) in [5, 5.41) is 0. The summed E-state index contributed by atoms with van der Waals surface area (Å²) in [5.74, 6) is 2.02. The molecule has 2 radical (unpaired) electrons. The van der Waals surface area contributed by atoms with Gasteiger partial charge in [-0.1, -0.05) is 54.6 Å². The minimum atomic E-state index is -4.55. The van der Waals surface area contributed by atoms with Crippen molar-refractivity contribution in [2.45, 2.75) is 25.7 Å². The molecular formula is C27H21BF6N2. The van der Waals surface area contributed by atoms with E-state index in [-0.39, 0.29) is 16.7 Å². The Morgan fingerprint density at radius 1 is 0.806 bits per heavy atom. The van der Waals surface area contributed by atoms with Crippen LogP contribution in [0.1, 0.15) is 39.3 Å². The number of halogens is 6. The van der Waals surface area contributed by atoms with Crippen molar-refractivity contribution in [2.24, 2.45) is 0 Å². The number of rotatable bonds is 4. The highest BCUT2D eigenvalue weighted by molar-refractivity contribution is 6.21. The summed E-state index contributed by atoms with van der Waals surface area (Å²) in [6, 6.07) is 18.8. The van der Waals surface area contributed by atoms with Crippen LogP contribution in [0, 0.1) is 6.92 Å². The molecular weight excluding hydrogens is 477 g/mol. The highest BCUT2D eigenvalue weighted by Crippen LogP contribution is 2.34. The summed E-state index contributed by atoms with van der Waals surface area (Å²) in [7, 11) is 5.43. The zero-order valence-corrected chi connectivity index (χ0v) is 19.2. The van der Waals surface area contributed by atoms with Crippen LogP contribution < -0.4 is 0 Å². The van der Waals surface area contributed by atoms with Crippen molar-refractivity contribution in [3.05, 3.63) is 130 Å². The van der Waals surface area contributed by atoms with Crippen molar-refractivity contribution < 1.29 is 26.3 Å². The number of imidazole rings is 1. The number of hydrogen-bond acceptors (Lipinski definition) is 1. The van der Waals surface area contributed by atoms with Crippen LogP contribution in [0.2, 0.25) is 0 Å². The van der Waals surface area contributed by atoms with E-state index in [0.29, 0.717) is 0 Å². The maximum Gasteiger partial charge on any atom is 0.416 e. The molecule has 184 valence electrons. The summed E-state index contributed by atoms with van der Waals surface area (Å²) in [6.45, 7) is 2.02. The molecule has 0 amide bonds. The predicted molar refractivity (Wildman–Crippen MR) is 128 cm³/mol. The van der Waals surface area contributed by atoms with E-state index in [1.807, 2.05) is 31.3 Å². The van der Waals surface area contributed by atoms with Gasteiger partial charge in [-0.15, -0.1) is 5.98 Å². The molecule has 0 unspecified atom stereocenters. The number of alkyl halides is 6. The SMILES string of the molecule is Cc1cnc(Cc2ccccc2)[nH]1.[B]C=C(c1cccc(C(F)(F)F)c1)c1cccc(C(F)(F)F)c1. The van der Waals surface area contributed by atoms with E-state index >= 15 is 0 Å². The Hall–Kier alpha value is -3.75. The lowest BCUT2D eigenvalue weighted by Crippen LogP contribution is -2.06. The Balaban J connectivity index is 0.000000233. The normalized spacial score (nSPS) is 11.4. The van der Waals surface area contributed by atoms with Gasteiger partial charge in [-0.2, -0.15) is 26.3 Å². The number of aromatic nitrogens is 2. The van der Waals surface area contributed by atoms with E-state index in [2.05, 4.69) is 22.1 Å². The minimum Gasteiger partial charge on any atom is -0.346 e. The maximum atomic E-state index is 12.8. The van der Waals surface area contributed by atoms with Gasteiger partial charge in [0.2, 0.25) is 0 Å². The molecule has 36 heavy (non-hydrogen) atoms. The van der Waals surface area contributed by atoms with Crippen molar-refractivity contribution in [2.75, 3.05) is 0 Å². The van der Waals surface area contributed by atoms with E-state index in [1.54, 1.807) is 0 Å². The molecule has 1 N–H and O–H groups in total. The molecule has 1 heterocycles. The van der Waals surface area contributed by atoms with Crippen LogP contribution in [0.25, 0.3) is 5.57 Å². The standard InChI is InChI=1S/C16H9BF6.C11H12N2/c17-9-14(10-3-1-5-12(7-10)15(18,19)20)11-4-2-6-13(8-11)16(21,22)23;1-9-8-12-11(13-9)7-10-5-3-2-4-6-10/h1-9H;2-6,8H,7H2,1H3,(H,12,13). The molecule has 0 aliphatic heterocycles. The highest BCUT2D eigenvalue weighted by atomic mass is 19.4. The number of nitrogens with zero attached hydrogens (tertiary/aromatic N) is 1. The Morgan fingerprint density at radius 3 is 1.75 bits per heavy atom. The summed E-state index contributed by atoms with van der Waals surface area (Å²) in [6.07, 6.45) is -6.36. The molecule has 0 saturated heterocycles. The molecule has 4 aromatic rings. The van der Waals surface area contributed by atoms with Gasteiger partial charge in [-0.05, 0) is 53.5 Å². The van der Waals surface area contributed by atoms with Gasteiger partial charge in [0.1, 0.15) is 13.7 Å². The lowest BCUT2D eigenvalue weighted by Gasteiger charge is -2.14. The summed E-state index contributed by atoms with van der Waals surface area (Å²) in [5.41, 5.74) is 0.857. The van der Waals surface area contributed by atoms with Crippen LogP contribution in [-0.2, 0) is 18.8 Å². The van der Waals surface area contributed by atoms with Gasteiger partial charge in [0.05, 0.1) is 11.1 Å². The van der Waals surface area contributed by atoms with Crippen LogP contribution in [0.5, 0.6) is 0 Å². The maximum absolute atomic E-state index is 12.8. The van der Waals surface area contributed by atoms with E-state index < -0.39 is 23.5 Å². The van der Waals surface area contributed by atoms with Gasteiger partial charge < -0.3 is 4.98 Å². The second kappa shape index (κ2) is 11.3. The van der Waals surface area contributed by atoms with Crippen molar-refractivity contribution in [3.8, 4) is 0 Å². The van der Waals surface area contributed by atoms with Gasteiger partial charge >= 0.3 is 12.4 Å². The van der Waals surface area contributed by atoms with E-state index in [1.165, 1.54) is 29.8 Å². The number of aryl methyl sites for hydroxylation is 1. The Bertz CT molecular complexity index is 1250. The van der Waals surface area contributed by atoms with E-state index in [9.17, 15) is 26.3 Å². The van der Waals surface area contributed by atoms with Gasteiger partial charge in [0, 0.05) is 18.3 Å². The topological polar surface area (TPSA) is 28.7 Å². The second-order valence-corrected chi connectivity index (χ2v) is 7.91. The monoisotopic (exact) mass is 498 g/mol. The van der Waals surface area contributed by atoms with Gasteiger partial charge in [0.25, 0.3) is 0 Å². The first-order valence-corrected chi connectivity index (χ1v) is 10.8. The second-order valence-electron chi connectivity index (χ2n) is 7.91. The molecule has 0 bridgehead atoms. The highest BCUT2D eigenvalue weighted by Gasteiger charge is 2.32. The number of H-pyrrole nitrogens is 1. The predicted octanol–water partition coefficient (Wildman–Crippen LogP) is 7.59. The first-order valence-electron chi connectivity index (χ1n) is 10.8. The molecule has 4 rings (SSSR count). The molecule has 0 saturated carbocycles. The van der Waals surface area contributed by atoms with Gasteiger partial charge in [0.15, 0.2) is 0 Å². The zero-order valence-electron chi connectivity index (χ0n) is 19.2. The number of aromatic amines is 1. The van der Waals surface area contributed by atoms with Crippen LogP contribution >= 0.6 is 0 Å². The quantitative estimate of drug-likeness (QED) is 0.228. The Labute approximate surface area is 206 Å². The lowest BCUT2D eigenvalue weighted by molar-refractivity contribution is -0.138. The average Bonchev–Trinajstić information content (AvgIpc) is 3.24. The molecule has 1 aromatic heterocycles. The number of benzene rings is 3. The summed E-state index contributed by atoms with van der Waals surface area (Å²) < 4.78 is 76.6. The van der Waals surface area contributed by atoms with Gasteiger partial charge in [-0.25, -0.2) is 4.98 Å². The fraction of sp³-hybridized carbons (Fsp3) is 0.148. The third-order valence-electron chi connectivity index (χ3n) is 5.14. The fourth-order valence-corrected chi connectivity index (χ4v) is 3.43. The van der Waals surface area contributed by atoms with Crippen LogP contribution in [0.3, 0.4) is 0 Å². The first kappa shape index (κ1) is 26.9. The van der Waals surface area contributed by atoms with Gasteiger partial charge in [-0.3, -0.25) is 0 Å². The molecule has 0 spiro atoms. The minimum absolute atomic E-state index is 0.0849. The fourth-order valence-electron chi connectivity index (χ4n) is 3.43. The third-order valence-corrected chi connectivity index (χ3v) is 5.14. The average molecular weight is 498 g/mol. The molecule has 0 atom stereocenters. The van der Waals surface area contributed by atoms with Crippen molar-refractivity contribution in [3.63, 3.8) is 0 Å². The Kier molecular flexibility index (Phi) is 8.45. The molecule has 3 aromatic carbocycles. The lowest BCUT2D eigenvalue weighted by atomic mass is 9.90. The first-order chi connectivity index (χ1) is 17.0. The van der Waals surface area contributed by atoms with Crippen molar-refractivity contribution in [1.82, 2.24) is 9.97 Å². The number of nitrogens with one attached hydrogen (secondary N) is 1. The van der Waals surface area contributed by atoms with Crippen molar-refractivity contribution in [1.29, 1.82) is 0 Å². The Morgan fingerprint density at radius 2 is 1.33 bits per heavy atom. The smallest absolute Gasteiger partial charge is 0.346 e. The molecule has 2 nitrogen and oxygen atoms in total. The molecule has 0 fully saturated rings. The van der Waals surface area contributed by atoms with Crippen LogP contribution in [0.4, 0.5) is 26.3 Å². The zero-order chi connectivity index (χ0) is 26.3. The third kappa shape index (κ3) is 7.37. The molecule has 0 aliphatic carbocycles. The van der Waals surface area contributed by atoms with E-state index in [0.717, 1.165) is 48.2 Å². The molecule has 9 heteroatoms. The summed E-state index contributed by atoms with van der Waals surface area (Å²) >= 11 is 0. The van der Waals surface area contributed by atoms with Crippen molar-refractivity contribution >= 4 is 13.4 Å². The summed E-state index contributed by atoms with van der Waals surface area (Å²) in [4.78, 5) is 7.47. The van der Waals surface area contributed by atoms with Crippen LogP contribution in [-0.4, -0.2) is 17.8 Å². The van der Waals surface area contributed by atoms with E-state index in [4.69, 9.17) is 7.85 Å². The largest absolute Gasteiger partial charge is 0.416 e. The molecule has 0 aliphatic rings.